The second-order valence-electron chi connectivity index (χ2n) is 10.3. The Morgan fingerprint density at radius 1 is 0.692 bits per heavy atom. The van der Waals surface area contributed by atoms with Gasteiger partial charge < -0.3 is 0 Å². The van der Waals surface area contributed by atoms with Crippen LogP contribution in [0.5, 0.6) is 0 Å². The molecular formula is C34H40N2O2S. The van der Waals surface area contributed by atoms with Gasteiger partial charge in [-0.3, -0.25) is 4.90 Å². The van der Waals surface area contributed by atoms with E-state index in [0.29, 0.717) is 4.90 Å². The topological polar surface area (TPSA) is 49.4 Å². The van der Waals surface area contributed by atoms with Crippen LogP contribution in [0, 0.1) is 6.92 Å². The molecule has 0 spiro atoms. The van der Waals surface area contributed by atoms with Gasteiger partial charge in [0.1, 0.15) is 0 Å². The number of sulfonamides is 1. The molecule has 204 valence electrons. The Hall–Kier alpha value is -3.25. The molecular weight excluding hydrogens is 500 g/mol. The summed E-state index contributed by atoms with van der Waals surface area (Å²) >= 11 is 0. The summed E-state index contributed by atoms with van der Waals surface area (Å²) in [6.45, 7) is 5.57. The van der Waals surface area contributed by atoms with Crippen LogP contribution < -0.4 is 4.72 Å². The molecule has 4 nitrogen and oxygen atoms in total. The average molecular weight is 541 g/mol. The Balaban J connectivity index is 1.75. The van der Waals surface area contributed by atoms with Gasteiger partial charge in [0.25, 0.3) is 0 Å². The van der Waals surface area contributed by atoms with Crippen LogP contribution in [-0.4, -0.2) is 25.4 Å². The van der Waals surface area contributed by atoms with Crippen LogP contribution in [0.3, 0.4) is 0 Å². The zero-order valence-corrected chi connectivity index (χ0v) is 23.9. The van der Waals surface area contributed by atoms with Crippen molar-refractivity contribution in [1.82, 2.24) is 9.62 Å². The van der Waals surface area contributed by atoms with Crippen molar-refractivity contribution in [1.29, 1.82) is 0 Å². The summed E-state index contributed by atoms with van der Waals surface area (Å²) in [4.78, 5) is 2.76. The first-order valence-electron chi connectivity index (χ1n) is 13.9. The number of rotatable bonds is 14. The van der Waals surface area contributed by atoms with Crippen LogP contribution in [0.1, 0.15) is 48.4 Å². The average Bonchev–Trinajstić information content (AvgIpc) is 2.95. The predicted molar refractivity (Wildman–Crippen MR) is 161 cm³/mol. The third-order valence-electron chi connectivity index (χ3n) is 7.18. The number of aryl methyl sites for hydroxylation is 1. The molecule has 4 aromatic carbocycles. The van der Waals surface area contributed by atoms with Gasteiger partial charge in [-0.15, -0.1) is 0 Å². The zero-order chi connectivity index (χ0) is 27.5. The molecule has 39 heavy (non-hydrogen) atoms. The van der Waals surface area contributed by atoms with Gasteiger partial charge in [-0.05, 0) is 48.6 Å². The molecule has 0 heterocycles. The minimum atomic E-state index is -3.70. The van der Waals surface area contributed by atoms with E-state index in [4.69, 9.17) is 0 Å². The lowest BCUT2D eigenvalue weighted by Gasteiger charge is -2.38. The van der Waals surface area contributed by atoms with Crippen molar-refractivity contribution in [2.45, 2.75) is 69.6 Å². The van der Waals surface area contributed by atoms with Crippen molar-refractivity contribution in [2.24, 2.45) is 0 Å². The van der Waals surface area contributed by atoms with E-state index in [1.165, 1.54) is 16.7 Å². The summed E-state index contributed by atoms with van der Waals surface area (Å²) in [5.41, 5.74) is 4.66. The highest BCUT2D eigenvalue weighted by molar-refractivity contribution is 7.89. The second kappa shape index (κ2) is 14.2. The number of nitrogens with one attached hydrogen (secondary N) is 1. The van der Waals surface area contributed by atoms with Gasteiger partial charge in [0.05, 0.1) is 4.90 Å². The fraction of sp³-hybridized carbons (Fsp3) is 0.294. The van der Waals surface area contributed by atoms with E-state index < -0.39 is 10.0 Å². The summed E-state index contributed by atoms with van der Waals surface area (Å²) in [5.74, 6) is 0. The molecule has 0 fully saturated rings. The van der Waals surface area contributed by atoms with Crippen LogP contribution in [-0.2, 0) is 29.5 Å². The number of hydrogen-bond acceptors (Lipinski definition) is 3. The Bertz CT molecular complexity index is 1320. The second-order valence-corrected chi connectivity index (χ2v) is 12.0. The van der Waals surface area contributed by atoms with Gasteiger partial charge >= 0.3 is 0 Å². The van der Waals surface area contributed by atoms with E-state index in [-0.39, 0.29) is 12.1 Å². The number of unbranched alkanes of at least 4 members (excludes halogenated alkanes) is 1. The summed E-state index contributed by atoms with van der Waals surface area (Å²) in [7, 11) is -3.70. The van der Waals surface area contributed by atoms with E-state index in [1.807, 2.05) is 37.3 Å². The monoisotopic (exact) mass is 540 g/mol. The first-order chi connectivity index (χ1) is 18.9. The molecule has 0 amide bonds. The molecule has 4 rings (SSSR count). The lowest BCUT2D eigenvalue weighted by atomic mass is 9.93. The molecule has 0 unspecified atom stereocenters. The van der Waals surface area contributed by atoms with E-state index in [0.717, 1.165) is 44.3 Å². The number of benzene rings is 4. The van der Waals surface area contributed by atoms with Crippen molar-refractivity contribution in [2.75, 3.05) is 0 Å². The molecule has 1 N–H and O–H groups in total. The maximum Gasteiger partial charge on any atom is 0.240 e. The molecule has 0 saturated heterocycles. The fourth-order valence-corrected chi connectivity index (χ4v) is 6.35. The van der Waals surface area contributed by atoms with Crippen LogP contribution in [0.2, 0.25) is 0 Å². The van der Waals surface area contributed by atoms with Crippen molar-refractivity contribution < 1.29 is 8.42 Å². The quantitative estimate of drug-likeness (QED) is 0.185. The molecule has 4 aromatic rings. The largest absolute Gasteiger partial charge is 0.290 e. The third kappa shape index (κ3) is 8.62. The molecule has 0 saturated carbocycles. The van der Waals surface area contributed by atoms with Crippen molar-refractivity contribution >= 4 is 10.0 Å². The normalized spacial score (nSPS) is 13.3. The highest BCUT2D eigenvalue weighted by atomic mass is 32.2. The van der Waals surface area contributed by atoms with E-state index in [2.05, 4.69) is 89.3 Å². The van der Waals surface area contributed by atoms with Crippen LogP contribution in [0.15, 0.2) is 120 Å². The number of hydrogen-bond donors (Lipinski definition) is 1. The molecule has 0 aromatic heterocycles. The van der Waals surface area contributed by atoms with Gasteiger partial charge in [0.15, 0.2) is 0 Å². The minimum Gasteiger partial charge on any atom is -0.290 e. The van der Waals surface area contributed by atoms with E-state index >= 15 is 0 Å². The summed E-state index contributed by atoms with van der Waals surface area (Å²) in [6.07, 6.45) is 3.44. The van der Waals surface area contributed by atoms with Crippen LogP contribution in [0.25, 0.3) is 0 Å². The Labute approximate surface area is 234 Å². The van der Waals surface area contributed by atoms with Crippen molar-refractivity contribution in [3.05, 3.63) is 138 Å². The highest BCUT2D eigenvalue weighted by Gasteiger charge is 2.31. The van der Waals surface area contributed by atoms with Gasteiger partial charge in [-0.2, -0.15) is 0 Å². The van der Waals surface area contributed by atoms with Crippen molar-refractivity contribution in [3.8, 4) is 0 Å². The lowest BCUT2D eigenvalue weighted by molar-refractivity contribution is 0.141. The molecule has 0 aliphatic rings. The highest BCUT2D eigenvalue weighted by Crippen LogP contribution is 2.24. The maximum atomic E-state index is 13.7. The molecule has 5 heteroatoms. The Kier molecular flexibility index (Phi) is 10.5. The van der Waals surface area contributed by atoms with Crippen LogP contribution in [0.4, 0.5) is 0 Å². The van der Waals surface area contributed by atoms with E-state index in [9.17, 15) is 8.42 Å². The van der Waals surface area contributed by atoms with Gasteiger partial charge in [0, 0.05) is 25.2 Å². The first kappa shape index (κ1) is 28.8. The van der Waals surface area contributed by atoms with Gasteiger partial charge in [0.2, 0.25) is 10.0 Å². The van der Waals surface area contributed by atoms with Gasteiger partial charge in [-0.25, -0.2) is 13.1 Å². The third-order valence-corrected chi connectivity index (χ3v) is 8.69. The molecule has 0 radical (unpaired) electrons. The maximum absolute atomic E-state index is 13.7. The summed E-state index contributed by atoms with van der Waals surface area (Å²) < 4.78 is 30.5. The Morgan fingerprint density at radius 2 is 1.18 bits per heavy atom. The molecule has 0 bridgehead atoms. The predicted octanol–water partition coefficient (Wildman–Crippen LogP) is 7.15. The fourth-order valence-electron chi connectivity index (χ4n) is 5.05. The smallest absolute Gasteiger partial charge is 0.240 e. The van der Waals surface area contributed by atoms with Crippen molar-refractivity contribution in [3.63, 3.8) is 0 Å². The Morgan fingerprint density at radius 3 is 1.67 bits per heavy atom. The molecule has 2 atom stereocenters. The standard InChI is InChI=1S/C34H40N2O2S/c1-3-4-20-33(35-39(37,38)32-23-21-28(2)22-24-32)34(25-29-14-8-5-9-15-29)36(26-30-16-10-6-11-17-30)27-31-18-12-7-13-19-31/h5-19,21-24,33-35H,3-4,20,25-27H2,1-2H3/t33-,34+/m1/s1. The summed E-state index contributed by atoms with van der Waals surface area (Å²) in [6, 6.07) is 38.1. The summed E-state index contributed by atoms with van der Waals surface area (Å²) in [5, 5.41) is 0. The molecule has 0 aliphatic heterocycles. The minimum absolute atomic E-state index is 0.0559. The lowest BCUT2D eigenvalue weighted by Crippen LogP contribution is -2.52. The zero-order valence-electron chi connectivity index (χ0n) is 23.0. The molecule has 0 aliphatic carbocycles. The number of nitrogens with zero attached hydrogens (tertiary/aromatic N) is 1. The van der Waals surface area contributed by atoms with Crippen LogP contribution >= 0.6 is 0 Å². The van der Waals surface area contributed by atoms with E-state index in [1.54, 1.807) is 12.1 Å². The first-order valence-corrected chi connectivity index (χ1v) is 15.4. The SMILES string of the molecule is CCCC[C@@H](NS(=O)(=O)c1ccc(C)cc1)[C@H](Cc1ccccc1)N(Cc1ccccc1)Cc1ccccc1. The van der Waals surface area contributed by atoms with Gasteiger partial charge in [-0.1, -0.05) is 128 Å².